The molecule has 0 saturated heterocycles. The third kappa shape index (κ3) is 2.83. The molecule has 5 nitrogen and oxygen atoms in total. The highest BCUT2D eigenvalue weighted by molar-refractivity contribution is 7.89. The highest BCUT2D eigenvalue weighted by atomic mass is 32.2. The first kappa shape index (κ1) is 14.9. The van der Waals surface area contributed by atoms with Gasteiger partial charge in [-0.2, -0.15) is 0 Å². The van der Waals surface area contributed by atoms with Crippen molar-refractivity contribution in [3.8, 4) is 0 Å². The zero-order valence-corrected chi connectivity index (χ0v) is 12.1. The van der Waals surface area contributed by atoms with Crippen LogP contribution in [0.4, 0.5) is 4.39 Å². The van der Waals surface area contributed by atoms with Gasteiger partial charge in [0.15, 0.2) is 0 Å². The summed E-state index contributed by atoms with van der Waals surface area (Å²) in [6, 6.07) is 4.37. The Bertz CT molecular complexity index is 608. The van der Waals surface area contributed by atoms with E-state index in [1.54, 1.807) is 13.8 Å². The van der Waals surface area contributed by atoms with Crippen molar-refractivity contribution < 1.29 is 22.4 Å². The largest absolute Gasteiger partial charge is 0.352 e. The van der Waals surface area contributed by atoms with E-state index in [1.807, 2.05) is 0 Å². The molecule has 1 aliphatic rings. The zero-order chi connectivity index (χ0) is 15.0. The Morgan fingerprint density at radius 3 is 2.35 bits per heavy atom. The first-order chi connectivity index (χ1) is 9.29. The maximum Gasteiger partial charge on any atom is 0.332 e. The van der Waals surface area contributed by atoms with Gasteiger partial charge in [0.25, 0.3) is 10.0 Å². The molecular weight excluding hydrogens is 285 g/mol. The lowest BCUT2D eigenvalue weighted by molar-refractivity contribution is -0.175. The fourth-order valence-corrected chi connectivity index (χ4v) is 2.82. The predicted molar refractivity (Wildman–Crippen MR) is 69.4 cm³/mol. The van der Waals surface area contributed by atoms with Crippen molar-refractivity contribution >= 4 is 16.0 Å². The van der Waals surface area contributed by atoms with E-state index in [0.29, 0.717) is 17.3 Å². The molecule has 0 N–H and O–H groups in total. The van der Waals surface area contributed by atoms with Crippen LogP contribution in [0.2, 0.25) is 0 Å². The van der Waals surface area contributed by atoms with Crippen LogP contribution in [0.1, 0.15) is 26.7 Å². The van der Waals surface area contributed by atoms with Crippen LogP contribution in [0.3, 0.4) is 0 Å². The van der Waals surface area contributed by atoms with E-state index >= 15 is 0 Å². The van der Waals surface area contributed by atoms with Crippen molar-refractivity contribution in [3.63, 3.8) is 0 Å². The molecule has 7 heteroatoms. The molecule has 20 heavy (non-hydrogen) atoms. The van der Waals surface area contributed by atoms with Crippen molar-refractivity contribution in [2.75, 3.05) is 6.54 Å². The monoisotopic (exact) mass is 301 g/mol. The second kappa shape index (κ2) is 5.14. The number of carbonyl (C=O) groups is 1. The van der Waals surface area contributed by atoms with Crippen LogP contribution in [0.5, 0.6) is 0 Å². The third-order valence-corrected chi connectivity index (χ3v) is 5.05. The van der Waals surface area contributed by atoms with Crippen LogP contribution < -0.4 is 0 Å². The van der Waals surface area contributed by atoms with Gasteiger partial charge in [-0.15, -0.1) is 0 Å². The molecule has 0 aromatic heterocycles. The molecule has 1 fully saturated rings. The second-order valence-electron chi connectivity index (χ2n) is 5.02. The van der Waals surface area contributed by atoms with Crippen molar-refractivity contribution in [1.82, 2.24) is 4.47 Å². The van der Waals surface area contributed by atoms with Crippen LogP contribution in [0.25, 0.3) is 0 Å². The van der Waals surface area contributed by atoms with E-state index < -0.39 is 27.2 Å². The lowest BCUT2D eigenvalue weighted by atomic mass is 10.1. The van der Waals surface area contributed by atoms with Gasteiger partial charge in [0, 0.05) is 6.54 Å². The molecule has 0 bridgehead atoms. The van der Waals surface area contributed by atoms with Gasteiger partial charge >= 0.3 is 5.97 Å². The lowest BCUT2D eigenvalue weighted by Gasteiger charge is -2.21. The molecule has 0 spiro atoms. The summed E-state index contributed by atoms with van der Waals surface area (Å²) in [5.41, 5.74) is -0.578. The van der Waals surface area contributed by atoms with Crippen LogP contribution >= 0.6 is 0 Å². The van der Waals surface area contributed by atoms with E-state index in [1.165, 1.54) is 0 Å². The molecule has 0 amide bonds. The maximum atomic E-state index is 12.8. The maximum absolute atomic E-state index is 12.8. The Morgan fingerprint density at radius 1 is 1.35 bits per heavy atom. The summed E-state index contributed by atoms with van der Waals surface area (Å²) < 4.78 is 38.1. The average Bonchev–Trinajstić information content (AvgIpc) is 3.15. The Hall–Kier alpha value is -1.47. The number of hydrogen-bond donors (Lipinski definition) is 0. The van der Waals surface area contributed by atoms with E-state index in [2.05, 4.69) is 0 Å². The summed E-state index contributed by atoms with van der Waals surface area (Å²) >= 11 is 0. The fraction of sp³-hybridized carbons (Fsp3) is 0.462. The number of benzene rings is 1. The van der Waals surface area contributed by atoms with E-state index in [0.717, 1.165) is 24.3 Å². The number of hydroxylamine groups is 1. The summed E-state index contributed by atoms with van der Waals surface area (Å²) in [4.78, 5) is 16.7. The van der Waals surface area contributed by atoms with Gasteiger partial charge in [0.2, 0.25) is 0 Å². The van der Waals surface area contributed by atoms with Crippen molar-refractivity contribution in [1.29, 1.82) is 0 Å². The number of hydrogen-bond acceptors (Lipinski definition) is 4. The first-order valence-corrected chi connectivity index (χ1v) is 7.74. The van der Waals surface area contributed by atoms with Gasteiger partial charge in [-0.1, -0.05) is 0 Å². The number of halogens is 1. The van der Waals surface area contributed by atoms with Crippen LogP contribution in [0.15, 0.2) is 29.2 Å². The van der Waals surface area contributed by atoms with Gasteiger partial charge in [-0.25, -0.2) is 17.6 Å². The average molecular weight is 301 g/mol. The van der Waals surface area contributed by atoms with Gasteiger partial charge < -0.3 is 4.84 Å². The molecular formula is C13H16FNO4S. The molecule has 2 rings (SSSR count). The summed E-state index contributed by atoms with van der Waals surface area (Å²) in [5, 5.41) is 0. The Morgan fingerprint density at radius 2 is 1.90 bits per heavy atom. The second-order valence-corrected chi connectivity index (χ2v) is 6.85. The van der Waals surface area contributed by atoms with Crippen LogP contribution in [-0.2, 0) is 19.7 Å². The number of sulfonamides is 1. The van der Waals surface area contributed by atoms with Crippen molar-refractivity contribution in [3.05, 3.63) is 30.1 Å². The van der Waals surface area contributed by atoms with E-state index in [-0.39, 0.29) is 11.4 Å². The van der Waals surface area contributed by atoms with E-state index in [4.69, 9.17) is 4.84 Å². The molecule has 1 aliphatic carbocycles. The minimum atomic E-state index is -3.97. The number of rotatable bonds is 5. The summed E-state index contributed by atoms with van der Waals surface area (Å²) in [6.45, 7) is 3.28. The fourth-order valence-electron chi connectivity index (χ4n) is 1.60. The normalized spacial score (nSPS) is 17.0. The van der Waals surface area contributed by atoms with Gasteiger partial charge in [-0.3, -0.25) is 0 Å². The molecule has 0 radical (unpaired) electrons. The number of carbonyl (C=O) groups excluding carboxylic acids is 1. The van der Waals surface area contributed by atoms with Crippen LogP contribution in [-0.4, -0.2) is 25.4 Å². The summed E-state index contributed by atoms with van der Waals surface area (Å²) in [6.07, 6.45) is 1.39. The van der Waals surface area contributed by atoms with Gasteiger partial charge in [0.05, 0.1) is 10.3 Å². The first-order valence-electron chi connectivity index (χ1n) is 6.30. The third-order valence-electron chi connectivity index (χ3n) is 3.32. The molecule has 0 unspecified atom stereocenters. The standard InChI is InChI=1S/C13H16FNO4S/c1-3-15(19-12(16)13(2)8-9-13)20(17,18)11-6-4-10(14)5-7-11/h4-7H,3,8-9H2,1-2H3. The summed E-state index contributed by atoms with van der Waals surface area (Å²) in [7, 11) is -3.97. The van der Waals surface area contributed by atoms with Crippen molar-refractivity contribution in [2.24, 2.45) is 5.41 Å². The Balaban J connectivity index is 2.21. The highest BCUT2D eigenvalue weighted by Crippen LogP contribution is 2.46. The number of nitrogens with zero attached hydrogens (tertiary/aromatic N) is 1. The minimum Gasteiger partial charge on any atom is -0.352 e. The SMILES string of the molecule is CCN(OC(=O)C1(C)CC1)S(=O)(=O)c1ccc(F)cc1. The van der Waals surface area contributed by atoms with Gasteiger partial charge in [0.1, 0.15) is 5.82 Å². The zero-order valence-electron chi connectivity index (χ0n) is 11.3. The Kier molecular flexibility index (Phi) is 3.84. The highest BCUT2D eigenvalue weighted by Gasteiger charge is 2.48. The van der Waals surface area contributed by atoms with E-state index in [9.17, 15) is 17.6 Å². The molecule has 110 valence electrons. The lowest BCUT2D eigenvalue weighted by Crippen LogP contribution is -2.35. The van der Waals surface area contributed by atoms with Crippen molar-refractivity contribution in [2.45, 2.75) is 31.6 Å². The summed E-state index contributed by atoms with van der Waals surface area (Å²) in [5.74, 6) is -1.08. The van der Waals surface area contributed by atoms with Crippen LogP contribution in [0, 0.1) is 11.2 Å². The predicted octanol–water partition coefficient (Wildman–Crippen LogP) is 2.09. The molecule has 1 aromatic rings. The molecule has 0 heterocycles. The molecule has 0 atom stereocenters. The molecule has 0 aliphatic heterocycles. The van der Waals surface area contributed by atoms with Gasteiger partial charge in [-0.05, 0) is 55.4 Å². The quantitative estimate of drug-likeness (QED) is 0.781. The molecule has 1 saturated carbocycles. The molecule has 1 aromatic carbocycles. The Labute approximate surface area is 117 Å². The minimum absolute atomic E-state index is 0.0124. The topological polar surface area (TPSA) is 63.7 Å². The smallest absolute Gasteiger partial charge is 0.332 e.